The summed E-state index contributed by atoms with van der Waals surface area (Å²) >= 11 is 0. The zero-order chi connectivity index (χ0) is 14.2. The van der Waals surface area contributed by atoms with Gasteiger partial charge in [-0.25, -0.2) is 0 Å². The van der Waals surface area contributed by atoms with Gasteiger partial charge in [0.25, 0.3) is 0 Å². The van der Waals surface area contributed by atoms with E-state index in [-0.39, 0.29) is 5.92 Å². The Bertz CT molecular complexity index is 676. The average molecular weight is 281 g/mol. The average Bonchev–Trinajstić information content (AvgIpc) is 2.93. The van der Waals surface area contributed by atoms with Crippen molar-refractivity contribution in [2.45, 2.75) is 57.8 Å². The fourth-order valence-electron chi connectivity index (χ4n) is 4.16. The van der Waals surface area contributed by atoms with E-state index in [1.165, 1.54) is 54.3 Å². The summed E-state index contributed by atoms with van der Waals surface area (Å²) in [7, 11) is 0. The van der Waals surface area contributed by atoms with Gasteiger partial charge in [-0.3, -0.25) is 4.79 Å². The zero-order valence-electron chi connectivity index (χ0n) is 12.6. The molecule has 0 aliphatic heterocycles. The van der Waals surface area contributed by atoms with Crippen LogP contribution in [0.2, 0.25) is 0 Å². The molecule has 2 aliphatic rings. The van der Waals surface area contributed by atoms with E-state index in [1.807, 2.05) is 6.07 Å². The van der Waals surface area contributed by atoms with Gasteiger partial charge in [-0.15, -0.1) is 0 Å². The molecule has 0 unspecified atom stereocenters. The number of hydrogen-bond donors (Lipinski definition) is 1. The van der Waals surface area contributed by atoms with E-state index in [1.54, 1.807) is 0 Å². The molecule has 4 rings (SSSR count). The van der Waals surface area contributed by atoms with Crippen LogP contribution in [0.1, 0.15) is 66.6 Å². The second-order valence-corrected chi connectivity index (χ2v) is 6.75. The van der Waals surface area contributed by atoms with Crippen LogP contribution in [0.25, 0.3) is 10.9 Å². The molecule has 110 valence electrons. The Morgan fingerprint density at radius 3 is 2.67 bits per heavy atom. The topological polar surface area (TPSA) is 32.9 Å². The summed E-state index contributed by atoms with van der Waals surface area (Å²) in [4.78, 5) is 16.3. The van der Waals surface area contributed by atoms with E-state index in [0.717, 1.165) is 31.2 Å². The highest BCUT2D eigenvalue weighted by Crippen LogP contribution is 2.32. The number of rotatable bonds is 2. The Labute approximate surface area is 125 Å². The van der Waals surface area contributed by atoms with Crippen LogP contribution >= 0.6 is 0 Å². The van der Waals surface area contributed by atoms with Crippen LogP contribution in [0.5, 0.6) is 0 Å². The van der Waals surface area contributed by atoms with Crippen molar-refractivity contribution in [3.63, 3.8) is 0 Å². The van der Waals surface area contributed by atoms with E-state index >= 15 is 0 Å². The van der Waals surface area contributed by atoms with Gasteiger partial charge in [0, 0.05) is 28.1 Å². The van der Waals surface area contributed by atoms with Crippen molar-refractivity contribution in [2.24, 2.45) is 5.92 Å². The number of carbonyl (C=O) groups excluding carboxylic acids is 1. The van der Waals surface area contributed by atoms with Crippen LogP contribution in [0.15, 0.2) is 18.2 Å². The largest absolute Gasteiger partial charge is 0.358 e. The van der Waals surface area contributed by atoms with Crippen LogP contribution < -0.4 is 0 Å². The second-order valence-electron chi connectivity index (χ2n) is 6.75. The molecule has 2 aliphatic carbocycles. The first-order chi connectivity index (χ1) is 10.3. The summed E-state index contributed by atoms with van der Waals surface area (Å²) in [6.45, 7) is 0. The van der Waals surface area contributed by atoms with Crippen molar-refractivity contribution in [2.75, 3.05) is 0 Å². The van der Waals surface area contributed by atoms with Gasteiger partial charge in [-0.1, -0.05) is 19.3 Å². The standard InChI is InChI=1S/C19H23NO/c21-19(13-6-2-1-3-7-13)14-10-11-18-16(12-14)15-8-4-5-9-17(15)20-18/h10-13,20H,1-9H2. The third-order valence-electron chi connectivity index (χ3n) is 5.36. The Morgan fingerprint density at radius 1 is 1.00 bits per heavy atom. The first-order valence-corrected chi connectivity index (χ1v) is 8.50. The van der Waals surface area contributed by atoms with Crippen LogP contribution in [0, 0.1) is 5.92 Å². The number of hydrogen-bond acceptors (Lipinski definition) is 1. The normalized spacial score (nSPS) is 19.6. The van der Waals surface area contributed by atoms with Gasteiger partial charge in [0.1, 0.15) is 0 Å². The zero-order valence-corrected chi connectivity index (χ0v) is 12.6. The van der Waals surface area contributed by atoms with Crippen LogP contribution in [-0.2, 0) is 12.8 Å². The molecule has 1 fully saturated rings. The minimum atomic E-state index is 0.269. The van der Waals surface area contributed by atoms with Crippen LogP contribution in [0.4, 0.5) is 0 Å². The number of Topliss-reactive ketones (excluding diaryl/α,β-unsaturated/α-hetero) is 1. The number of aryl methyl sites for hydroxylation is 2. The van der Waals surface area contributed by atoms with Gasteiger partial charge in [0.15, 0.2) is 5.78 Å². The maximum Gasteiger partial charge on any atom is 0.165 e. The molecule has 2 heteroatoms. The minimum Gasteiger partial charge on any atom is -0.358 e. The van der Waals surface area contributed by atoms with Gasteiger partial charge in [0.2, 0.25) is 0 Å². The van der Waals surface area contributed by atoms with Gasteiger partial charge in [-0.2, -0.15) is 0 Å². The van der Waals surface area contributed by atoms with Crippen molar-refractivity contribution in [1.29, 1.82) is 0 Å². The van der Waals surface area contributed by atoms with E-state index in [9.17, 15) is 4.79 Å². The molecule has 21 heavy (non-hydrogen) atoms. The highest BCUT2D eigenvalue weighted by molar-refractivity contribution is 6.01. The molecule has 1 N–H and O–H groups in total. The Hall–Kier alpha value is -1.57. The molecule has 0 radical (unpaired) electrons. The number of nitrogens with one attached hydrogen (secondary N) is 1. The van der Waals surface area contributed by atoms with Gasteiger partial charge >= 0.3 is 0 Å². The molecular formula is C19H23NO. The smallest absolute Gasteiger partial charge is 0.165 e. The molecule has 0 spiro atoms. The minimum absolute atomic E-state index is 0.269. The number of fused-ring (bicyclic) bond motifs is 3. The first kappa shape index (κ1) is 13.1. The number of aromatic amines is 1. The molecule has 0 saturated heterocycles. The van der Waals surface area contributed by atoms with E-state index < -0.39 is 0 Å². The third kappa shape index (κ3) is 2.31. The highest BCUT2D eigenvalue weighted by Gasteiger charge is 2.23. The molecule has 1 aromatic heterocycles. The number of ketones is 1. The van der Waals surface area contributed by atoms with Crippen molar-refractivity contribution >= 4 is 16.7 Å². The lowest BCUT2D eigenvalue weighted by Crippen LogP contribution is -2.17. The van der Waals surface area contributed by atoms with E-state index in [0.29, 0.717) is 5.78 Å². The lowest BCUT2D eigenvalue weighted by atomic mass is 9.83. The SMILES string of the molecule is O=C(c1ccc2[nH]c3c(c2c1)CCCC3)C1CCCCC1. The van der Waals surface area contributed by atoms with Gasteiger partial charge < -0.3 is 4.98 Å². The van der Waals surface area contributed by atoms with Crippen molar-refractivity contribution in [1.82, 2.24) is 4.98 Å². The Balaban J connectivity index is 1.71. The fraction of sp³-hybridized carbons (Fsp3) is 0.526. The lowest BCUT2D eigenvalue weighted by Gasteiger charge is -2.20. The number of carbonyl (C=O) groups is 1. The highest BCUT2D eigenvalue weighted by atomic mass is 16.1. The molecule has 2 nitrogen and oxygen atoms in total. The maximum absolute atomic E-state index is 12.7. The second kappa shape index (κ2) is 5.32. The molecular weight excluding hydrogens is 258 g/mol. The summed E-state index contributed by atoms with van der Waals surface area (Å²) in [5.41, 5.74) is 5.01. The predicted octanol–water partition coefficient (Wildman–Crippen LogP) is 4.81. The maximum atomic E-state index is 12.7. The third-order valence-corrected chi connectivity index (χ3v) is 5.36. The predicted molar refractivity (Wildman–Crippen MR) is 85.8 cm³/mol. The molecule has 1 heterocycles. The monoisotopic (exact) mass is 281 g/mol. The molecule has 1 saturated carbocycles. The van der Waals surface area contributed by atoms with Gasteiger partial charge in [-0.05, 0) is 62.3 Å². The van der Waals surface area contributed by atoms with Crippen molar-refractivity contribution < 1.29 is 4.79 Å². The molecule has 0 amide bonds. The molecule has 2 aromatic rings. The summed E-state index contributed by atoms with van der Waals surface area (Å²) in [6, 6.07) is 6.30. The lowest BCUT2D eigenvalue weighted by molar-refractivity contribution is 0.0889. The summed E-state index contributed by atoms with van der Waals surface area (Å²) < 4.78 is 0. The van der Waals surface area contributed by atoms with Crippen LogP contribution in [-0.4, -0.2) is 10.8 Å². The molecule has 0 bridgehead atoms. The van der Waals surface area contributed by atoms with E-state index in [4.69, 9.17) is 0 Å². The Morgan fingerprint density at radius 2 is 1.81 bits per heavy atom. The van der Waals surface area contributed by atoms with E-state index in [2.05, 4.69) is 17.1 Å². The molecule has 0 atom stereocenters. The van der Waals surface area contributed by atoms with Crippen molar-refractivity contribution in [3.8, 4) is 0 Å². The van der Waals surface area contributed by atoms with Crippen LogP contribution in [0.3, 0.4) is 0 Å². The van der Waals surface area contributed by atoms with Gasteiger partial charge in [0.05, 0.1) is 0 Å². The molecule has 1 aromatic carbocycles. The fourth-order valence-corrected chi connectivity index (χ4v) is 4.16. The number of benzene rings is 1. The summed E-state index contributed by atoms with van der Waals surface area (Å²) in [5, 5.41) is 1.30. The summed E-state index contributed by atoms with van der Waals surface area (Å²) in [5.74, 6) is 0.647. The Kier molecular flexibility index (Phi) is 3.33. The first-order valence-electron chi connectivity index (χ1n) is 8.50. The number of H-pyrrole nitrogens is 1. The number of aromatic nitrogens is 1. The van der Waals surface area contributed by atoms with Crippen molar-refractivity contribution in [3.05, 3.63) is 35.0 Å². The summed E-state index contributed by atoms with van der Waals surface area (Å²) in [6.07, 6.45) is 10.8. The quantitative estimate of drug-likeness (QED) is 0.787.